The van der Waals surface area contributed by atoms with Gasteiger partial charge >= 0.3 is 0 Å². The van der Waals surface area contributed by atoms with Crippen LogP contribution in [-0.4, -0.2) is 4.40 Å². The monoisotopic (exact) mass is 617 g/mol. The van der Waals surface area contributed by atoms with E-state index in [9.17, 15) is 0 Å². The Labute approximate surface area is 276 Å². The second-order valence-electron chi connectivity index (χ2n) is 13.8. The van der Waals surface area contributed by atoms with Crippen LogP contribution >= 0.6 is 0 Å². The summed E-state index contributed by atoms with van der Waals surface area (Å²) < 4.78 is 15.9. The summed E-state index contributed by atoms with van der Waals surface area (Å²) in [6.07, 6.45) is 8.92. The zero-order valence-corrected chi connectivity index (χ0v) is 26.8. The fraction of sp³-hybridized carbons (Fsp3) is 0.111. The van der Waals surface area contributed by atoms with Crippen molar-refractivity contribution in [2.75, 3.05) is 0 Å². The molecule has 0 atom stereocenters. The smallest absolute Gasteiger partial charge is 0.160 e. The SMILES string of the molecule is CC(C)c1cc(C2=CC=CCC2)cc(-c2cc3c4ccc5c6ccccc6oc5c4n4c3c(c2)c2ccc3c5ccccc5oc3c24)c1. The van der Waals surface area contributed by atoms with Crippen molar-refractivity contribution in [1.29, 1.82) is 0 Å². The van der Waals surface area contributed by atoms with E-state index in [1.54, 1.807) is 0 Å². The van der Waals surface area contributed by atoms with Crippen LogP contribution in [0.3, 0.4) is 0 Å². The topological polar surface area (TPSA) is 30.7 Å². The van der Waals surface area contributed by atoms with Crippen molar-refractivity contribution in [2.45, 2.75) is 32.6 Å². The van der Waals surface area contributed by atoms with Gasteiger partial charge in [0.05, 0.1) is 16.6 Å². The lowest BCUT2D eigenvalue weighted by atomic mass is 9.89. The Hall–Kier alpha value is -5.80. The Balaban J connectivity index is 1.32. The van der Waals surface area contributed by atoms with E-state index in [4.69, 9.17) is 8.83 Å². The highest BCUT2D eigenvalue weighted by Gasteiger charge is 2.25. The average molecular weight is 618 g/mol. The van der Waals surface area contributed by atoms with Gasteiger partial charge in [-0.25, -0.2) is 0 Å². The molecule has 0 radical (unpaired) electrons. The van der Waals surface area contributed by atoms with Crippen molar-refractivity contribution in [3.63, 3.8) is 0 Å². The van der Waals surface area contributed by atoms with Gasteiger partial charge in [0.2, 0.25) is 0 Å². The number of benzene rings is 6. The fourth-order valence-electron chi connectivity index (χ4n) is 8.40. The zero-order valence-electron chi connectivity index (χ0n) is 26.8. The minimum Gasteiger partial charge on any atom is -0.454 e. The highest BCUT2D eigenvalue weighted by atomic mass is 16.3. The first-order valence-electron chi connectivity index (χ1n) is 17.0. The van der Waals surface area contributed by atoms with Gasteiger partial charge in [-0.3, -0.25) is 0 Å². The molecule has 3 nitrogen and oxygen atoms in total. The molecule has 10 aromatic rings. The van der Waals surface area contributed by atoms with Crippen LogP contribution in [0.15, 0.2) is 130 Å². The molecule has 11 rings (SSSR count). The molecule has 0 amide bonds. The first-order valence-corrected chi connectivity index (χ1v) is 17.0. The summed E-state index contributed by atoms with van der Waals surface area (Å²) >= 11 is 0. The Bertz CT molecular complexity index is 2870. The van der Waals surface area contributed by atoms with E-state index in [2.05, 4.69) is 127 Å². The number of furan rings is 2. The average Bonchev–Trinajstić information content (AvgIpc) is 3.88. The van der Waals surface area contributed by atoms with Crippen molar-refractivity contribution < 1.29 is 8.83 Å². The summed E-state index contributed by atoms with van der Waals surface area (Å²) in [4.78, 5) is 0. The van der Waals surface area contributed by atoms with Crippen LogP contribution in [0.2, 0.25) is 0 Å². The molecule has 6 aromatic carbocycles. The molecule has 0 aliphatic heterocycles. The van der Waals surface area contributed by atoms with Gasteiger partial charge in [-0.1, -0.05) is 92.7 Å². The number of rotatable bonds is 3. The van der Waals surface area contributed by atoms with Crippen LogP contribution in [0.25, 0.3) is 98.7 Å². The van der Waals surface area contributed by atoms with E-state index < -0.39 is 0 Å². The molecule has 0 unspecified atom stereocenters. The minimum absolute atomic E-state index is 0.424. The van der Waals surface area contributed by atoms with Crippen LogP contribution < -0.4 is 0 Å². The summed E-state index contributed by atoms with van der Waals surface area (Å²) in [5, 5.41) is 9.39. The van der Waals surface area contributed by atoms with Gasteiger partial charge in [0.15, 0.2) is 11.2 Å². The van der Waals surface area contributed by atoms with E-state index in [1.165, 1.54) is 54.9 Å². The predicted octanol–water partition coefficient (Wildman–Crippen LogP) is 13.2. The summed E-state index contributed by atoms with van der Waals surface area (Å²) in [6.45, 7) is 4.59. The first kappa shape index (κ1) is 26.3. The lowest BCUT2D eigenvalue weighted by Crippen LogP contribution is -1.95. The first-order chi connectivity index (χ1) is 23.6. The number of fused-ring (bicyclic) bond motifs is 14. The molecular weight excluding hydrogens is 587 g/mol. The molecule has 4 heterocycles. The lowest BCUT2D eigenvalue weighted by Gasteiger charge is -2.16. The predicted molar refractivity (Wildman–Crippen MR) is 202 cm³/mol. The van der Waals surface area contributed by atoms with Gasteiger partial charge in [-0.2, -0.15) is 0 Å². The zero-order chi connectivity index (χ0) is 31.7. The van der Waals surface area contributed by atoms with Crippen LogP contribution in [0.5, 0.6) is 0 Å². The van der Waals surface area contributed by atoms with E-state index in [1.807, 2.05) is 12.1 Å². The molecule has 1 aliphatic carbocycles. The third-order valence-electron chi connectivity index (χ3n) is 10.7. The molecule has 228 valence electrons. The van der Waals surface area contributed by atoms with Crippen LogP contribution in [0.1, 0.15) is 43.7 Å². The Morgan fingerprint density at radius 3 is 1.69 bits per heavy atom. The number of hydrogen-bond acceptors (Lipinski definition) is 2. The molecule has 0 spiro atoms. The Morgan fingerprint density at radius 2 is 1.10 bits per heavy atom. The minimum atomic E-state index is 0.424. The quantitative estimate of drug-likeness (QED) is 0.197. The normalized spacial score (nSPS) is 14.1. The molecule has 4 aromatic heterocycles. The summed E-state index contributed by atoms with van der Waals surface area (Å²) in [5.74, 6) is 0.424. The molecular formula is C45H31NO2. The molecule has 1 aliphatic rings. The molecule has 0 saturated carbocycles. The number of allylic oxidation sites excluding steroid dienone is 4. The Kier molecular flexibility index (Phi) is 5.14. The fourth-order valence-corrected chi connectivity index (χ4v) is 8.40. The van der Waals surface area contributed by atoms with E-state index >= 15 is 0 Å². The van der Waals surface area contributed by atoms with Crippen LogP contribution in [-0.2, 0) is 0 Å². The van der Waals surface area contributed by atoms with Crippen molar-refractivity contribution in [1.82, 2.24) is 4.40 Å². The number of nitrogens with zero attached hydrogens (tertiary/aromatic N) is 1. The Morgan fingerprint density at radius 1 is 0.542 bits per heavy atom. The highest BCUT2D eigenvalue weighted by Crippen LogP contribution is 2.48. The van der Waals surface area contributed by atoms with Crippen molar-refractivity contribution in [3.05, 3.63) is 132 Å². The van der Waals surface area contributed by atoms with E-state index in [0.717, 1.165) is 67.8 Å². The largest absolute Gasteiger partial charge is 0.454 e. The van der Waals surface area contributed by atoms with Gasteiger partial charge in [0, 0.05) is 43.1 Å². The van der Waals surface area contributed by atoms with Gasteiger partial charge in [0.25, 0.3) is 0 Å². The van der Waals surface area contributed by atoms with Crippen molar-refractivity contribution >= 4 is 87.5 Å². The van der Waals surface area contributed by atoms with Crippen molar-refractivity contribution in [2.24, 2.45) is 0 Å². The van der Waals surface area contributed by atoms with E-state index in [-0.39, 0.29) is 0 Å². The maximum Gasteiger partial charge on any atom is 0.160 e. The molecule has 0 saturated heterocycles. The van der Waals surface area contributed by atoms with E-state index in [0.29, 0.717) is 5.92 Å². The van der Waals surface area contributed by atoms with Gasteiger partial charge in [0.1, 0.15) is 11.2 Å². The second kappa shape index (κ2) is 9.39. The molecule has 0 N–H and O–H groups in total. The van der Waals surface area contributed by atoms with Gasteiger partial charge < -0.3 is 13.2 Å². The lowest BCUT2D eigenvalue weighted by molar-refractivity contribution is 0.670. The third-order valence-corrected chi connectivity index (χ3v) is 10.7. The molecule has 0 bridgehead atoms. The number of aromatic nitrogens is 1. The maximum atomic E-state index is 6.72. The second-order valence-corrected chi connectivity index (χ2v) is 13.8. The summed E-state index contributed by atoms with van der Waals surface area (Å²) in [7, 11) is 0. The number of para-hydroxylation sites is 2. The van der Waals surface area contributed by atoms with Crippen LogP contribution in [0, 0.1) is 0 Å². The van der Waals surface area contributed by atoms with Gasteiger partial charge in [-0.05, 0) is 89.1 Å². The van der Waals surface area contributed by atoms with Crippen LogP contribution in [0.4, 0.5) is 0 Å². The molecule has 48 heavy (non-hydrogen) atoms. The molecule has 0 fully saturated rings. The van der Waals surface area contributed by atoms with Gasteiger partial charge in [-0.15, -0.1) is 0 Å². The maximum absolute atomic E-state index is 6.72. The summed E-state index contributed by atoms with van der Waals surface area (Å²) in [6, 6.07) is 37.8. The highest BCUT2D eigenvalue weighted by molar-refractivity contribution is 6.32. The third kappa shape index (κ3) is 3.43. The standard InChI is InChI=1S/C45H31NO2/c1-25(2)27-20-28(26-10-4-3-5-11-26)22-29(21-27)30-23-37-33-16-18-35-31-12-6-8-14-39(31)47-44(35)42(33)46-41(37)38(24-30)34-17-19-36-32-13-7-9-15-40(32)48-45(36)43(34)46/h3-4,6-10,12-25H,5,11H2,1-2H3. The van der Waals surface area contributed by atoms with Crippen molar-refractivity contribution in [3.8, 4) is 11.1 Å². The summed E-state index contributed by atoms with van der Waals surface area (Å²) in [5.41, 5.74) is 13.6. The number of hydrogen-bond donors (Lipinski definition) is 0. The molecule has 3 heteroatoms.